The maximum absolute atomic E-state index is 12.9. The van der Waals surface area contributed by atoms with E-state index in [1.54, 1.807) is 0 Å². The van der Waals surface area contributed by atoms with Crippen LogP contribution in [-0.4, -0.2) is 44.8 Å². The van der Waals surface area contributed by atoms with Crippen molar-refractivity contribution in [3.63, 3.8) is 0 Å². The van der Waals surface area contributed by atoms with Crippen LogP contribution < -0.4 is 4.74 Å². The average molecular weight is 407 g/mol. The number of ether oxygens (including phenoxy) is 1. The summed E-state index contributed by atoms with van der Waals surface area (Å²) < 4.78 is 8.88. The van der Waals surface area contributed by atoms with Crippen molar-refractivity contribution in [3.8, 4) is 5.75 Å². The predicted octanol–water partition coefficient (Wildman–Crippen LogP) is 4.78. The number of amides is 1. The van der Waals surface area contributed by atoms with Crippen LogP contribution in [0, 0.1) is 13.8 Å². The third-order valence-corrected chi connectivity index (χ3v) is 6.81. The lowest BCUT2D eigenvalue weighted by Gasteiger charge is -2.32. The van der Waals surface area contributed by atoms with Crippen LogP contribution in [0.2, 0.25) is 0 Å². The molecule has 0 radical (unpaired) electrons. The molecule has 6 heteroatoms. The summed E-state index contributed by atoms with van der Waals surface area (Å²) in [5, 5.41) is 8.28. The third-order valence-electron chi connectivity index (χ3n) is 6.81. The molecule has 1 saturated heterocycles. The van der Waals surface area contributed by atoms with E-state index in [4.69, 9.17) is 4.74 Å². The van der Waals surface area contributed by atoms with Gasteiger partial charge in [0.15, 0.2) is 0 Å². The number of hydrogen-bond acceptors (Lipinski definition) is 3. The van der Waals surface area contributed by atoms with Crippen LogP contribution in [-0.2, 0) is 0 Å². The van der Waals surface area contributed by atoms with Crippen molar-refractivity contribution in [3.05, 3.63) is 47.4 Å². The highest BCUT2D eigenvalue weighted by Gasteiger charge is 2.28. The van der Waals surface area contributed by atoms with Gasteiger partial charge in [-0.1, -0.05) is 18.9 Å². The molecular weight excluding hydrogens is 376 g/mol. The number of aromatic amines is 1. The minimum absolute atomic E-state index is 0.0768. The molecule has 0 atom stereocenters. The number of hydrogen-bond donors (Lipinski definition) is 1. The number of likely N-dealkylation sites (tertiary alicyclic amines) is 1. The highest BCUT2D eigenvalue weighted by atomic mass is 16.5. The van der Waals surface area contributed by atoms with Crippen LogP contribution in [0.25, 0.3) is 10.9 Å². The summed E-state index contributed by atoms with van der Waals surface area (Å²) >= 11 is 0. The first kappa shape index (κ1) is 19.2. The molecule has 1 aliphatic carbocycles. The van der Waals surface area contributed by atoms with E-state index in [2.05, 4.69) is 45.2 Å². The molecule has 0 bridgehead atoms. The lowest BCUT2D eigenvalue weighted by Crippen LogP contribution is -2.42. The Morgan fingerprint density at radius 2 is 1.87 bits per heavy atom. The Kier molecular flexibility index (Phi) is 5.01. The molecular formula is C24H30N4O2. The quantitative estimate of drug-likeness (QED) is 0.678. The van der Waals surface area contributed by atoms with Gasteiger partial charge in [-0.3, -0.25) is 9.89 Å². The highest BCUT2D eigenvalue weighted by Crippen LogP contribution is 2.36. The van der Waals surface area contributed by atoms with Crippen molar-refractivity contribution < 1.29 is 9.53 Å². The first-order valence-corrected chi connectivity index (χ1v) is 11.2. The minimum atomic E-state index is 0.0768. The minimum Gasteiger partial charge on any atom is -0.490 e. The number of H-pyrrole nitrogens is 1. The topological polar surface area (TPSA) is 63.1 Å². The zero-order valence-corrected chi connectivity index (χ0v) is 17.9. The van der Waals surface area contributed by atoms with Crippen molar-refractivity contribution in [2.75, 3.05) is 13.1 Å². The van der Waals surface area contributed by atoms with Crippen LogP contribution in [0.1, 0.15) is 66.3 Å². The number of benzene rings is 1. The second-order valence-corrected chi connectivity index (χ2v) is 8.77. The fourth-order valence-electron chi connectivity index (χ4n) is 5.14. The summed E-state index contributed by atoms with van der Waals surface area (Å²) in [6.07, 6.45) is 9.27. The molecule has 1 aromatic carbocycles. The fraction of sp³-hybridized carbons (Fsp3) is 0.500. The molecule has 1 saturated carbocycles. The zero-order valence-electron chi connectivity index (χ0n) is 17.9. The lowest BCUT2D eigenvalue weighted by atomic mass is 10.1. The first-order valence-electron chi connectivity index (χ1n) is 11.2. The number of fused-ring (bicyclic) bond motifs is 1. The summed E-state index contributed by atoms with van der Waals surface area (Å²) in [6.45, 7) is 5.21. The Hall–Kier alpha value is -2.76. The van der Waals surface area contributed by atoms with Crippen LogP contribution in [0.15, 0.2) is 30.5 Å². The van der Waals surface area contributed by atoms with E-state index in [0.717, 1.165) is 30.0 Å². The van der Waals surface area contributed by atoms with E-state index < -0.39 is 0 Å². The van der Waals surface area contributed by atoms with Gasteiger partial charge in [-0.2, -0.15) is 5.10 Å². The van der Waals surface area contributed by atoms with E-state index in [0.29, 0.717) is 24.7 Å². The molecule has 1 N–H and O–H groups in total. The molecule has 1 aliphatic heterocycles. The highest BCUT2D eigenvalue weighted by molar-refractivity contribution is 5.96. The molecule has 6 nitrogen and oxygen atoms in total. The van der Waals surface area contributed by atoms with Gasteiger partial charge >= 0.3 is 0 Å². The molecule has 2 aromatic heterocycles. The predicted molar refractivity (Wildman–Crippen MR) is 117 cm³/mol. The van der Waals surface area contributed by atoms with Gasteiger partial charge in [0.05, 0.1) is 16.8 Å². The van der Waals surface area contributed by atoms with Gasteiger partial charge in [0.2, 0.25) is 0 Å². The van der Waals surface area contributed by atoms with Crippen LogP contribution in [0.4, 0.5) is 0 Å². The summed E-state index contributed by atoms with van der Waals surface area (Å²) in [7, 11) is 0. The second kappa shape index (κ2) is 7.82. The molecule has 3 heterocycles. The fourth-order valence-corrected chi connectivity index (χ4v) is 5.14. The Labute approximate surface area is 177 Å². The molecule has 3 aromatic rings. The zero-order chi connectivity index (χ0) is 20.7. The van der Waals surface area contributed by atoms with Crippen molar-refractivity contribution in [2.24, 2.45) is 0 Å². The van der Waals surface area contributed by atoms with E-state index in [1.807, 2.05) is 18.7 Å². The maximum atomic E-state index is 12.9. The molecule has 5 rings (SSSR count). The molecule has 1 amide bonds. The normalized spacial score (nSPS) is 18.4. The molecule has 158 valence electrons. The smallest absolute Gasteiger partial charge is 0.257 e. The molecule has 30 heavy (non-hydrogen) atoms. The SMILES string of the molecule is Cc1n[nH]c(C)c1C(=O)N1CCC(Oc2cccc3c2ccn3C2CCCC2)CC1. The number of carbonyl (C=O) groups is 1. The standard InChI is InChI=1S/C24H30N4O2/c1-16-23(17(2)26-25-16)24(29)27-13-10-19(11-14-27)30-22-9-5-8-21-20(22)12-15-28(21)18-6-3-4-7-18/h5,8-9,12,15,18-19H,3-4,6-7,10-11,13-14H2,1-2H3,(H,25,26). The van der Waals surface area contributed by atoms with E-state index in [9.17, 15) is 4.79 Å². The number of nitrogens with zero attached hydrogens (tertiary/aromatic N) is 3. The number of aryl methyl sites for hydroxylation is 2. The third kappa shape index (κ3) is 3.38. The molecule has 2 fully saturated rings. The number of nitrogens with one attached hydrogen (secondary N) is 1. The van der Waals surface area contributed by atoms with Gasteiger partial charge in [0, 0.05) is 49.2 Å². The lowest BCUT2D eigenvalue weighted by molar-refractivity contribution is 0.0597. The van der Waals surface area contributed by atoms with Crippen molar-refractivity contribution in [1.82, 2.24) is 19.7 Å². The van der Waals surface area contributed by atoms with Crippen molar-refractivity contribution >= 4 is 16.8 Å². The van der Waals surface area contributed by atoms with Crippen LogP contribution in [0.5, 0.6) is 5.75 Å². The number of aromatic nitrogens is 3. The summed E-state index contributed by atoms with van der Waals surface area (Å²) in [5.74, 6) is 1.04. The van der Waals surface area contributed by atoms with Crippen LogP contribution in [0.3, 0.4) is 0 Å². The Balaban J connectivity index is 1.27. The largest absolute Gasteiger partial charge is 0.490 e. The Morgan fingerprint density at radius 3 is 2.57 bits per heavy atom. The summed E-state index contributed by atoms with van der Waals surface area (Å²) in [5.41, 5.74) is 3.61. The average Bonchev–Trinajstić information content (AvgIpc) is 3.49. The first-order chi connectivity index (χ1) is 14.6. The molecule has 0 unspecified atom stereocenters. The van der Waals surface area contributed by atoms with Gasteiger partial charge in [-0.05, 0) is 44.9 Å². The maximum Gasteiger partial charge on any atom is 0.257 e. The van der Waals surface area contributed by atoms with Crippen LogP contribution >= 0.6 is 0 Å². The van der Waals surface area contributed by atoms with Gasteiger partial charge in [-0.15, -0.1) is 0 Å². The molecule has 0 spiro atoms. The van der Waals surface area contributed by atoms with E-state index >= 15 is 0 Å². The number of carbonyl (C=O) groups excluding carboxylic acids is 1. The van der Waals surface area contributed by atoms with Gasteiger partial charge in [-0.25, -0.2) is 0 Å². The number of rotatable bonds is 4. The number of piperidine rings is 1. The van der Waals surface area contributed by atoms with Crippen molar-refractivity contribution in [1.29, 1.82) is 0 Å². The van der Waals surface area contributed by atoms with E-state index in [-0.39, 0.29) is 12.0 Å². The van der Waals surface area contributed by atoms with E-state index in [1.165, 1.54) is 36.6 Å². The molecule has 2 aliphatic rings. The Morgan fingerprint density at radius 1 is 1.10 bits per heavy atom. The summed E-state index contributed by atoms with van der Waals surface area (Å²) in [6, 6.07) is 9.22. The van der Waals surface area contributed by atoms with Gasteiger partial charge in [0.25, 0.3) is 5.91 Å². The Bertz CT molecular complexity index is 1030. The summed E-state index contributed by atoms with van der Waals surface area (Å²) in [4.78, 5) is 14.8. The monoisotopic (exact) mass is 406 g/mol. The van der Waals surface area contributed by atoms with Gasteiger partial charge < -0.3 is 14.2 Å². The second-order valence-electron chi connectivity index (χ2n) is 8.77. The van der Waals surface area contributed by atoms with Crippen molar-refractivity contribution in [2.45, 2.75) is 64.5 Å². The van der Waals surface area contributed by atoms with Gasteiger partial charge in [0.1, 0.15) is 11.9 Å².